The van der Waals surface area contributed by atoms with Crippen molar-refractivity contribution in [2.75, 3.05) is 12.0 Å². The number of para-hydroxylation sites is 1. The van der Waals surface area contributed by atoms with Crippen molar-refractivity contribution in [2.24, 2.45) is 5.92 Å². The number of rotatable bonds is 0. The van der Waals surface area contributed by atoms with E-state index < -0.39 is 0 Å². The summed E-state index contributed by atoms with van der Waals surface area (Å²) in [6, 6.07) is 7.53. The van der Waals surface area contributed by atoms with Crippen LogP contribution in [0.15, 0.2) is 30.3 Å². The molecule has 1 saturated carbocycles. The van der Waals surface area contributed by atoms with Gasteiger partial charge in [-0.15, -0.1) is 0 Å². The Labute approximate surface area is 112 Å². The first-order valence-corrected chi connectivity index (χ1v) is 6.45. The van der Waals surface area contributed by atoms with Crippen LogP contribution in [0.5, 0.6) is 0 Å². The Morgan fingerprint density at radius 3 is 2.84 bits per heavy atom. The summed E-state index contributed by atoms with van der Waals surface area (Å²) in [7, 11) is 1.40. The molecule has 0 N–H and O–H groups in total. The summed E-state index contributed by atoms with van der Waals surface area (Å²) in [6.07, 6.45) is 5.96. The Hall–Kier alpha value is -2.21. The van der Waals surface area contributed by atoms with Crippen molar-refractivity contribution in [3.05, 3.63) is 35.9 Å². The molecule has 3 rings (SSSR count). The van der Waals surface area contributed by atoms with E-state index in [-0.39, 0.29) is 12.1 Å². The molecule has 0 saturated heterocycles. The summed E-state index contributed by atoms with van der Waals surface area (Å²) in [5.74, 6) is 6.91. The Morgan fingerprint density at radius 1 is 1.32 bits per heavy atom. The lowest BCUT2D eigenvalue weighted by atomic mass is 10.0. The minimum atomic E-state index is -0.369. The summed E-state index contributed by atoms with van der Waals surface area (Å²) in [5, 5.41) is 0. The van der Waals surface area contributed by atoms with Crippen LogP contribution in [-0.2, 0) is 4.74 Å². The molecule has 3 nitrogen and oxygen atoms in total. The second-order valence-electron chi connectivity index (χ2n) is 4.77. The van der Waals surface area contributed by atoms with Crippen molar-refractivity contribution >= 4 is 17.9 Å². The van der Waals surface area contributed by atoms with Gasteiger partial charge in [0.2, 0.25) is 0 Å². The third-order valence-corrected chi connectivity index (χ3v) is 3.32. The Kier molecular flexibility index (Phi) is 3.00. The molecule has 2 aliphatic rings. The maximum Gasteiger partial charge on any atom is 0.415 e. The molecule has 0 radical (unpaired) electrons. The molecule has 3 heteroatoms. The fourth-order valence-corrected chi connectivity index (χ4v) is 2.13. The summed E-state index contributed by atoms with van der Waals surface area (Å²) >= 11 is 0. The first-order chi connectivity index (χ1) is 9.29. The molecule has 1 aliphatic heterocycles. The molecule has 1 amide bonds. The molecule has 0 spiro atoms. The molecule has 1 heterocycles. The van der Waals surface area contributed by atoms with Gasteiger partial charge in [0, 0.05) is 5.92 Å². The third-order valence-electron chi connectivity index (χ3n) is 3.32. The predicted octanol–water partition coefficient (Wildman–Crippen LogP) is 3.07. The van der Waals surface area contributed by atoms with Crippen molar-refractivity contribution in [3.63, 3.8) is 0 Å². The van der Waals surface area contributed by atoms with Gasteiger partial charge in [-0.05, 0) is 30.5 Å². The van der Waals surface area contributed by atoms with E-state index >= 15 is 0 Å². The van der Waals surface area contributed by atoms with E-state index in [9.17, 15) is 4.79 Å². The zero-order valence-electron chi connectivity index (χ0n) is 10.8. The van der Waals surface area contributed by atoms with Crippen molar-refractivity contribution in [3.8, 4) is 11.8 Å². The molecule has 0 aromatic heterocycles. The summed E-state index contributed by atoms with van der Waals surface area (Å²) in [6.45, 7) is 0. The van der Waals surface area contributed by atoms with Crippen LogP contribution in [0.3, 0.4) is 0 Å². The molecule has 19 heavy (non-hydrogen) atoms. The van der Waals surface area contributed by atoms with Gasteiger partial charge in [-0.2, -0.15) is 0 Å². The van der Waals surface area contributed by atoms with Crippen LogP contribution < -0.4 is 4.90 Å². The van der Waals surface area contributed by atoms with E-state index in [4.69, 9.17) is 4.74 Å². The average Bonchev–Trinajstić information content (AvgIpc) is 3.27. The maximum atomic E-state index is 12.0. The summed E-state index contributed by atoms with van der Waals surface area (Å²) < 4.78 is 4.88. The van der Waals surface area contributed by atoms with E-state index in [1.54, 1.807) is 4.90 Å². The molecular weight excluding hydrogens is 238 g/mol. The van der Waals surface area contributed by atoms with Gasteiger partial charge < -0.3 is 4.74 Å². The number of methoxy groups -OCH3 is 1. The first-order valence-electron chi connectivity index (χ1n) is 6.45. The fourth-order valence-electron chi connectivity index (χ4n) is 2.13. The van der Waals surface area contributed by atoms with Gasteiger partial charge in [0.05, 0.1) is 12.8 Å². The average molecular weight is 253 g/mol. The largest absolute Gasteiger partial charge is 0.452 e. The standard InChI is InChI=1S/C16H15NO2/c1-19-16(18)17-14(10-8-12-6-7-12)11-9-13-4-2-3-5-15(13)17/h2-5,9,11-12,14H,6-7H2,1H3. The molecule has 1 atom stereocenters. The SMILES string of the molecule is COC(=O)N1c2ccccc2C=CC1C#CC1CC1. The molecule has 1 aromatic carbocycles. The zero-order valence-corrected chi connectivity index (χ0v) is 10.8. The monoisotopic (exact) mass is 253 g/mol. The lowest BCUT2D eigenvalue weighted by Gasteiger charge is -2.29. The van der Waals surface area contributed by atoms with E-state index in [0.29, 0.717) is 5.92 Å². The van der Waals surface area contributed by atoms with Crippen LogP contribution in [0.2, 0.25) is 0 Å². The topological polar surface area (TPSA) is 29.5 Å². The van der Waals surface area contributed by atoms with Crippen molar-refractivity contribution in [2.45, 2.75) is 18.9 Å². The number of carbonyl (C=O) groups is 1. The smallest absolute Gasteiger partial charge is 0.415 e. The molecule has 1 unspecified atom stereocenters. The highest BCUT2D eigenvalue weighted by atomic mass is 16.5. The normalized spacial score (nSPS) is 20.3. The van der Waals surface area contributed by atoms with E-state index in [1.807, 2.05) is 36.4 Å². The molecule has 1 aromatic rings. The summed E-state index contributed by atoms with van der Waals surface area (Å²) in [5.41, 5.74) is 1.87. The molecule has 1 fully saturated rings. The number of nitrogens with zero attached hydrogens (tertiary/aromatic N) is 1. The number of ether oxygens (including phenoxy) is 1. The highest BCUT2D eigenvalue weighted by molar-refractivity contribution is 5.94. The van der Waals surface area contributed by atoms with Crippen molar-refractivity contribution < 1.29 is 9.53 Å². The minimum absolute atomic E-state index is 0.233. The fraction of sp³-hybridized carbons (Fsp3) is 0.312. The van der Waals surface area contributed by atoms with Gasteiger partial charge in [-0.1, -0.05) is 36.1 Å². The molecule has 1 aliphatic carbocycles. The molecule has 96 valence electrons. The summed E-state index contributed by atoms with van der Waals surface area (Å²) in [4.78, 5) is 13.6. The zero-order chi connectivity index (χ0) is 13.2. The van der Waals surface area contributed by atoms with E-state index in [0.717, 1.165) is 11.3 Å². The number of amides is 1. The number of anilines is 1. The van der Waals surface area contributed by atoms with Gasteiger partial charge in [0.25, 0.3) is 0 Å². The molecular formula is C16H15NO2. The second-order valence-corrected chi connectivity index (χ2v) is 4.77. The van der Waals surface area contributed by atoms with Gasteiger partial charge in [0.1, 0.15) is 6.04 Å². The number of hydrogen-bond acceptors (Lipinski definition) is 2. The van der Waals surface area contributed by atoms with E-state index in [1.165, 1.54) is 20.0 Å². The van der Waals surface area contributed by atoms with Gasteiger partial charge in [-0.25, -0.2) is 4.79 Å². The van der Waals surface area contributed by atoms with Gasteiger partial charge in [0.15, 0.2) is 0 Å². The first kappa shape index (κ1) is 11.9. The van der Waals surface area contributed by atoms with Crippen LogP contribution in [0.1, 0.15) is 18.4 Å². The number of hydrogen-bond donors (Lipinski definition) is 0. The lowest BCUT2D eigenvalue weighted by molar-refractivity contribution is 0.178. The van der Waals surface area contributed by atoms with Crippen LogP contribution in [0.25, 0.3) is 6.08 Å². The maximum absolute atomic E-state index is 12.0. The predicted molar refractivity (Wildman–Crippen MR) is 74.6 cm³/mol. The number of fused-ring (bicyclic) bond motifs is 1. The highest BCUT2D eigenvalue weighted by Gasteiger charge is 2.28. The quantitative estimate of drug-likeness (QED) is 0.665. The van der Waals surface area contributed by atoms with Crippen molar-refractivity contribution in [1.29, 1.82) is 0 Å². The second kappa shape index (κ2) is 4.81. The Balaban J connectivity index is 1.97. The van der Waals surface area contributed by atoms with Crippen molar-refractivity contribution in [1.82, 2.24) is 0 Å². The van der Waals surface area contributed by atoms with Crippen LogP contribution in [0.4, 0.5) is 10.5 Å². The Bertz CT molecular complexity index is 590. The number of carbonyl (C=O) groups excluding carboxylic acids is 1. The van der Waals surface area contributed by atoms with Crippen LogP contribution >= 0.6 is 0 Å². The van der Waals surface area contributed by atoms with Gasteiger partial charge >= 0.3 is 6.09 Å². The van der Waals surface area contributed by atoms with Crippen LogP contribution in [0, 0.1) is 17.8 Å². The van der Waals surface area contributed by atoms with E-state index in [2.05, 4.69) is 11.8 Å². The third kappa shape index (κ3) is 2.34. The number of benzene rings is 1. The highest BCUT2D eigenvalue weighted by Crippen LogP contribution is 2.30. The Morgan fingerprint density at radius 2 is 2.11 bits per heavy atom. The van der Waals surface area contributed by atoms with Gasteiger partial charge in [-0.3, -0.25) is 4.90 Å². The molecule has 0 bridgehead atoms. The minimum Gasteiger partial charge on any atom is -0.452 e. The lowest BCUT2D eigenvalue weighted by Crippen LogP contribution is -2.40. The van der Waals surface area contributed by atoms with Crippen LogP contribution in [-0.4, -0.2) is 19.2 Å².